The molecule has 7 heteroatoms. The number of carbonyl (C=O) groups is 1. The minimum absolute atomic E-state index is 0.0485. The van der Waals surface area contributed by atoms with E-state index in [-0.39, 0.29) is 25.4 Å². The lowest BCUT2D eigenvalue weighted by Gasteiger charge is -2.30. The fraction of sp³-hybridized carbons (Fsp3) is 0.462. The molecule has 0 N–H and O–H groups in total. The molecule has 1 amide bonds. The summed E-state index contributed by atoms with van der Waals surface area (Å²) >= 11 is 0. The van der Waals surface area contributed by atoms with E-state index in [1.165, 1.54) is 11.0 Å². The van der Waals surface area contributed by atoms with Gasteiger partial charge in [0.2, 0.25) is 5.91 Å². The summed E-state index contributed by atoms with van der Waals surface area (Å²) < 4.78 is 42.3. The van der Waals surface area contributed by atoms with E-state index in [1.807, 2.05) is 0 Å². The van der Waals surface area contributed by atoms with E-state index >= 15 is 0 Å². The maximum absolute atomic E-state index is 13.8. The molecule has 0 bridgehead atoms. The van der Waals surface area contributed by atoms with Crippen LogP contribution in [0.3, 0.4) is 0 Å². The minimum atomic E-state index is -3.30. The van der Waals surface area contributed by atoms with E-state index in [0.29, 0.717) is 17.7 Å². The number of ether oxygens (including phenoxy) is 1. The summed E-state index contributed by atoms with van der Waals surface area (Å²) in [5, 5.41) is -0.962. The largest absolute Gasteiger partial charge is 0.491 e. The van der Waals surface area contributed by atoms with Crippen molar-refractivity contribution in [3.8, 4) is 5.75 Å². The Labute approximate surface area is 116 Å². The monoisotopic (exact) mass is 299 g/mol. The number of carbonyl (C=O) groups excluding carboxylic acids is 1. The first-order valence-corrected chi connectivity index (χ1v) is 8.11. The van der Waals surface area contributed by atoms with Gasteiger partial charge in [-0.05, 0) is 18.6 Å². The number of hydrogen-bond donors (Lipinski definition) is 0. The normalized spacial score (nSPS) is 24.1. The van der Waals surface area contributed by atoms with Crippen LogP contribution < -0.4 is 4.74 Å². The van der Waals surface area contributed by atoms with E-state index < -0.39 is 26.8 Å². The second-order valence-electron chi connectivity index (χ2n) is 4.97. The number of sulfone groups is 1. The highest BCUT2D eigenvalue weighted by Crippen LogP contribution is 2.28. The van der Waals surface area contributed by atoms with Crippen LogP contribution in [-0.2, 0) is 21.2 Å². The van der Waals surface area contributed by atoms with Gasteiger partial charge in [0.25, 0.3) is 0 Å². The van der Waals surface area contributed by atoms with E-state index in [9.17, 15) is 17.6 Å². The molecule has 2 heterocycles. The van der Waals surface area contributed by atoms with E-state index in [0.717, 1.165) is 0 Å². The lowest BCUT2D eigenvalue weighted by Crippen LogP contribution is -2.50. The molecule has 0 aromatic heterocycles. The molecule has 0 aliphatic carbocycles. The Morgan fingerprint density at radius 3 is 2.85 bits per heavy atom. The van der Waals surface area contributed by atoms with Crippen molar-refractivity contribution in [3.63, 3.8) is 0 Å². The highest BCUT2D eigenvalue weighted by Gasteiger charge is 2.43. The van der Waals surface area contributed by atoms with Gasteiger partial charge in [-0.15, -0.1) is 0 Å². The van der Waals surface area contributed by atoms with Crippen LogP contribution in [0.25, 0.3) is 0 Å². The molecule has 1 unspecified atom stereocenters. The lowest BCUT2D eigenvalue weighted by molar-refractivity contribution is -0.131. The molecule has 0 saturated carbocycles. The number of rotatable bonds is 1. The van der Waals surface area contributed by atoms with E-state index in [2.05, 4.69) is 0 Å². The molecule has 20 heavy (non-hydrogen) atoms. The van der Waals surface area contributed by atoms with Gasteiger partial charge in [-0.3, -0.25) is 4.79 Å². The van der Waals surface area contributed by atoms with Crippen LogP contribution in [0, 0.1) is 5.82 Å². The second-order valence-corrected chi connectivity index (χ2v) is 7.27. The van der Waals surface area contributed by atoms with Crippen molar-refractivity contribution in [3.05, 3.63) is 29.6 Å². The summed E-state index contributed by atoms with van der Waals surface area (Å²) in [6.45, 7) is 0.542. The third-order valence-electron chi connectivity index (χ3n) is 3.73. The van der Waals surface area contributed by atoms with Crippen LogP contribution in [0.1, 0.15) is 12.0 Å². The van der Waals surface area contributed by atoms with Crippen molar-refractivity contribution in [2.45, 2.75) is 18.2 Å². The molecule has 1 saturated heterocycles. The quantitative estimate of drug-likeness (QED) is 0.767. The SMILES string of the molecule is O=C(C1CCS1(=O)=O)N1CCOc2cccc(F)c2C1. The van der Waals surface area contributed by atoms with Crippen molar-refractivity contribution in [1.29, 1.82) is 0 Å². The zero-order valence-electron chi connectivity index (χ0n) is 10.7. The molecule has 1 aromatic rings. The maximum Gasteiger partial charge on any atom is 0.241 e. The molecule has 1 aromatic carbocycles. The summed E-state index contributed by atoms with van der Waals surface area (Å²) in [5.74, 6) is -0.426. The number of benzene rings is 1. The van der Waals surface area contributed by atoms with Crippen molar-refractivity contribution in [2.24, 2.45) is 0 Å². The first-order valence-electron chi connectivity index (χ1n) is 6.39. The third-order valence-corrected chi connectivity index (χ3v) is 5.84. The molecule has 0 radical (unpaired) electrons. The molecular formula is C13H14FNO4S. The number of amides is 1. The van der Waals surface area contributed by atoms with Gasteiger partial charge in [0.15, 0.2) is 9.84 Å². The van der Waals surface area contributed by atoms with Crippen molar-refractivity contribution in [2.75, 3.05) is 18.9 Å². The predicted molar refractivity (Wildman–Crippen MR) is 69.5 cm³/mol. The summed E-state index contributed by atoms with van der Waals surface area (Å²) in [6.07, 6.45) is 0.350. The molecule has 5 nitrogen and oxygen atoms in total. The van der Waals surface area contributed by atoms with E-state index in [1.54, 1.807) is 12.1 Å². The van der Waals surface area contributed by atoms with Crippen LogP contribution in [-0.4, -0.2) is 43.4 Å². The van der Waals surface area contributed by atoms with Gasteiger partial charge in [-0.2, -0.15) is 0 Å². The highest BCUT2D eigenvalue weighted by atomic mass is 32.2. The molecule has 108 valence electrons. The standard InChI is InChI=1S/C13H14FNO4S/c14-10-2-1-3-11-9(10)8-15(5-6-19-11)13(16)12-4-7-20(12,17)18/h1-3,12H,4-8H2. The first kappa shape index (κ1) is 13.4. The Kier molecular flexibility index (Phi) is 3.16. The lowest BCUT2D eigenvalue weighted by atomic mass is 10.1. The van der Waals surface area contributed by atoms with Crippen LogP contribution >= 0.6 is 0 Å². The minimum Gasteiger partial charge on any atom is -0.491 e. The smallest absolute Gasteiger partial charge is 0.241 e. The summed E-state index contributed by atoms with van der Waals surface area (Å²) in [6, 6.07) is 4.49. The van der Waals surface area contributed by atoms with Gasteiger partial charge < -0.3 is 9.64 Å². The maximum atomic E-state index is 13.8. The fourth-order valence-corrected chi connectivity index (χ4v) is 3.77. The Balaban J connectivity index is 1.86. The number of fused-ring (bicyclic) bond motifs is 1. The second kappa shape index (κ2) is 4.73. The van der Waals surface area contributed by atoms with Crippen LogP contribution in [0.4, 0.5) is 4.39 Å². The van der Waals surface area contributed by atoms with Gasteiger partial charge in [0.1, 0.15) is 23.4 Å². The summed E-state index contributed by atoms with van der Waals surface area (Å²) in [4.78, 5) is 13.6. The number of halogens is 1. The molecule has 2 aliphatic rings. The summed E-state index contributed by atoms with van der Waals surface area (Å²) in [7, 11) is -3.30. The Hall–Kier alpha value is -1.63. The molecule has 1 fully saturated rings. The van der Waals surface area contributed by atoms with Crippen molar-refractivity contribution in [1.82, 2.24) is 4.90 Å². The molecule has 0 spiro atoms. The average molecular weight is 299 g/mol. The van der Waals surface area contributed by atoms with Crippen LogP contribution in [0.15, 0.2) is 18.2 Å². The number of nitrogens with zero attached hydrogens (tertiary/aromatic N) is 1. The van der Waals surface area contributed by atoms with Gasteiger partial charge in [-0.25, -0.2) is 12.8 Å². The fourth-order valence-electron chi connectivity index (χ4n) is 2.46. The average Bonchev–Trinajstić information content (AvgIpc) is 2.61. The Morgan fingerprint density at radius 1 is 1.40 bits per heavy atom. The number of hydrogen-bond acceptors (Lipinski definition) is 4. The Bertz CT molecular complexity index is 658. The van der Waals surface area contributed by atoms with E-state index in [4.69, 9.17) is 4.74 Å². The molecule has 1 atom stereocenters. The molecule has 3 rings (SSSR count). The van der Waals surface area contributed by atoms with Gasteiger partial charge in [0.05, 0.1) is 18.8 Å². The summed E-state index contributed by atoms with van der Waals surface area (Å²) in [5.41, 5.74) is 0.301. The van der Waals surface area contributed by atoms with Crippen molar-refractivity contribution >= 4 is 15.7 Å². The van der Waals surface area contributed by atoms with Gasteiger partial charge in [-0.1, -0.05) is 6.07 Å². The van der Waals surface area contributed by atoms with Crippen molar-refractivity contribution < 1.29 is 22.3 Å². The predicted octanol–water partition coefficient (Wildman–Crippen LogP) is 0.734. The Morgan fingerprint density at radius 2 is 2.20 bits per heavy atom. The third kappa shape index (κ3) is 2.15. The van der Waals surface area contributed by atoms with Crippen LogP contribution in [0.2, 0.25) is 0 Å². The zero-order valence-corrected chi connectivity index (χ0v) is 11.5. The zero-order chi connectivity index (χ0) is 14.3. The van der Waals surface area contributed by atoms with Gasteiger partial charge in [0, 0.05) is 5.56 Å². The molecular weight excluding hydrogens is 285 g/mol. The highest BCUT2D eigenvalue weighted by molar-refractivity contribution is 7.94. The van der Waals surface area contributed by atoms with Crippen LogP contribution in [0.5, 0.6) is 5.75 Å². The first-order chi connectivity index (χ1) is 9.49. The topological polar surface area (TPSA) is 63.7 Å². The van der Waals surface area contributed by atoms with Gasteiger partial charge >= 0.3 is 0 Å². The molecule has 2 aliphatic heterocycles.